The summed E-state index contributed by atoms with van der Waals surface area (Å²) in [5.74, 6) is 0.218. The number of aromatic amines is 1. The number of nitrogens with one attached hydrogen (secondary N) is 2. The zero-order chi connectivity index (χ0) is 22.9. The van der Waals surface area contributed by atoms with Gasteiger partial charge in [-0.15, -0.1) is 0 Å². The summed E-state index contributed by atoms with van der Waals surface area (Å²) < 4.78 is 10.8. The third-order valence-corrected chi connectivity index (χ3v) is 6.34. The fourth-order valence-electron chi connectivity index (χ4n) is 4.26. The number of likely N-dealkylation sites (tertiary alicyclic amines) is 1. The number of hydrogen-bond donors (Lipinski definition) is 2. The van der Waals surface area contributed by atoms with Crippen LogP contribution in [0.2, 0.25) is 5.02 Å². The number of ether oxygens (including phenoxy) is 2. The Morgan fingerprint density at radius 1 is 1.31 bits per heavy atom. The number of carbonyl (C=O) groups is 2. The fourth-order valence-corrected chi connectivity index (χ4v) is 4.46. The Morgan fingerprint density at radius 3 is 2.72 bits per heavy atom. The highest BCUT2D eigenvalue weighted by molar-refractivity contribution is 6.33. The fraction of sp³-hybridized carbons (Fsp3) is 0.545. The van der Waals surface area contributed by atoms with Crippen LogP contribution in [0.15, 0.2) is 18.3 Å². The molecule has 2 aromatic rings. The Morgan fingerprint density at radius 2 is 2.06 bits per heavy atom. The average Bonchev–Trinajstić information content (AvgIpc) is 3.40. The first-order chi connectivity index (χ1) is 15.3. The van der Waals surface area contributed by atoms with Gasteiger partial charge in [-0.2, -0.15) is 5.10 Å². The first-order valence-corrected chi connectivity index (χ1v) is 11.1. The number of hydrogen-bond acceptors (Lipinski definition) is 6. The van der Waals surface area contributed by atoms with Crippen molar-refractivity contribution < 1.29 is 19.1 Å². The molecule has 0 radical (unpaired) electrons. The maximum absolute atomic E-state index is 12.9. The standard InChI is InChI=1S/C22H28ClN5O4/c1-22(2)10-14(12-32-22)25-20(29)13-4-6-28(7-5-13)21(30)18-9-17(26-27-18)15-8-19(31-3)24-11-16(15)23/h8-9,11,13-14H,4-7,10,12H2,1-3H3,(H,25,29)(H,26,27). The lowest BCUT2D eigenvalue weighted by molar-refractivity contribution is -0.127. The molecule has 2 fully saturated rings. The minimum atomic E-state index is -0.192. The van der Waals surface area contributed by atoms with Crippen molar-refractivity contribution in [2.75, 3.05) is 26.8 Å². The van der Waals surface area contributed by atoms with Gasteiger partial charge in [-0.05, 0) is 39.2 Å². The highest BCUT2D eigenvalue weighted by atomic mass is 35.5. The summed E-state index contributed by atoms with van der Waals surface area (Å²) >= 11 is 6.23. The van der Waals surface area contributed by atoms with Gasteiger partial charge >= 0.3 is 0 Å². The van der Waals surface area contributed by atoms with Crippen molar-refractivity contribution in [3.05, 3.63) is 29.0 Å². The number of carbonyl (C=O) groups excluding carboxylic acids is 2. The number of methoxy groups -OCH3 is 1. The number of H-pyrrole nitrogens is 1. The van der Waals surface area contributed by atoms with Crippen molar-refractivity contribution >= 4 is 23.4 Å². The molecule has 0 spiro atoms. The average molecular weight is 462 g/mol. The van der Waals surface area contributed by atoms with Crippen molar-refractivity contribution in [2.24, 2.45) is 5.92 Å². The molecule has 2 amide bonds. The molecule has 9 nitrogen and oxygen atoms in total. The quantitative estimate of drug-likeness (QED) is 0.708. The smallest absolute Gasteiger partial charge is 0.271 e. The Hall–Kier alpha value is -2.65. The second-order valence-electron chi connectivity index (χ2n) is 8.92. The van der Waals surface area contributed by atoms with Gasteiger partial charge in [0, 0.05) is 30.6 Å². The lowest BCUT2D eigenvalue weighted by Crippen LogP contribution is -2.45. The second kappa shape index (κ2) is 9.07. The Balaban J connectivity index is 1.34. The van der Waals surface area contributed by atoms with E-state index in [0.29, 0.717) is 60.4 Å². The SMILES string of the molecule is COc1cc(-c2cc(C(=O)N3CCC(C(=O)NC4COC(C)(C)C4)CC3)[nH]n2)c(Cl)cn1. The predicted molar refractivity (Wildman–Crippen MR) is 119 cm³/mol. The van der Waals surface area contributed by atoms with E-state index in [1.807, 2.05) is 13.8 Å². The molecular formula is C22H28ClN5O4. The number of piperidine rings is 1. The summed E-state index contributed by atoms with van der Waals surface area (Å²) in [5.41, 5.74) is 1.35. The summed E-state index contributed by atoms with van der Waals surface area (Å²) in [6.45, 7) is 5.64. The minimum Gasteiger partial charge on any atom is -0.481 e. The highest BCUT2D eigenvalue weighted by Gasteiger charge is 2.35. The van der Waals surface area contributed by atoms with Gasteiger partial charge in [-0.1, -0.05) is 11.6 Å². The lowest BCUT2D eigenvalue weighted by atomic mass is 9.94. The molecule has 2 aliphatic rings. The maximum Gasteiger partial charge on any atom is 0.271 e. The van der Waals surface area contributed by atoms with E-state index < -0.39 is 0 Å². The highest BCUT2D eigenvalue weighted by Crippen LogP contribution is 2.30. The van der Waals surface area contributed by atoms with E-state index in [9.17, 15) is 9.59 Å². The first kappa shape index (κ1) is 22.5. The van der Waals surface area contributed by atoms with E-state index in [-0.39, 0.29) is 29.4 Å². The largest absolute Gasteiger partial charge is 0.481 e. The molecule has 0 aromatic carbocycles. The Bertz CT molecular complexity index is 1000. The molecule has 2 saturated heterocycles. The van der Waals surface area contributed by atoms with Gasteiger partial charge in [0.05, 0.1) is 42.3 Å². The molecule has 2 aromatic heterocycles. The summed E-state index contributed by atoms with van der Waals surface area (Å²) in [6, 6.07) is 3.40. The van der Waals surface area contributed by atoms with Crippen LogP contribution in [0.1, 0.15) is 43.6 Å². The molecule has 1 atom stereocenters. The van der Waals surface area contributed by atoms with E-state index in [4.69, 9.17) is 21.1 Å². The molecule has 10 heteroatoms. The summed E-state index contributed by atoms with van der Waals surface area (Å²) in [7, 11) is 1.52. The van der Waals surface area contributed by atoms with Crippen LogP contribution < -0.4 is 10.1 Å². The van der Waals surface area contributed by atoms with Gasteiger partial charge in [-0.25, -0.2) is 4.98 Å². The summed E-state index contributed by atoms with van der Waals surface area (Å²) in [4.78, 5) is 31.4. The molecule has 4 rings (SSSR count). The Labute approximate surface area is 191 Å². The molecule has 172 valence electrons. The van der Waals surface area contributed by atoms with Crippen molar-refractivity contribution in [3.8, 4) is 17.1 Å². The Kier molecular flexibility index (Phi) is 6.39. The first-order valence-electron chi connectivity index (χ1n) is 10.7. The topological polar surface area (TPSA) is 109 Å². The molecule has 0 aliphatic carbocycles. The third-order valence-electron chi connectivity index (χ3n) is 6.04. The zero-order valence-corrected chi connectivity index (χ0v) is 19.2. The van der Waals surface area contributed by atoms with Crippen molar-refractivity contribution in [2.45, 2.75) is 44.8 Å². The van der Waals surface area contributed by atoms with Gasteiger partial charge in [0.2, 0.25) is 11.8 Å². The van der Waals surface area contributed by atoms with Gasteiger partial charge in [-0.3, -0.25) is 14.7 Å². The van der Waals surface area contributed by atoms with Gasteiger partial charge in [0.15, 0.2) is 0 Å². The monoisotopic (exact) mass is 461 g/mol. The van der Waals surface area contributed by atoms with Crippen LogP contribution >= 0.6 is 11.6 Å². The van der Waals surface area contributed by atoms with Crippen LogP contribution in [-0.2, 0) is 9.53 Å². The van der Waals surface area contributed by atoms with Crippen molar-refractivity contribution in [3.63, 3.8) is 0 Å². The molecule has 2 N–H and O–H groups in total. The van der Waals surface area contributed by atoms with E-state index in [1.165, 1.54) is 13.3 Å². The minimum absolute atomic E-state index is 0.0495. The number of nitrogens with zero attached hydrogens (tertiary/aromatic N) is 3. The van der Waals surface area contributed by atoms with Crippen LogP contribution in [-0.4, -0.2) is 70.3 Å². The maximum atomic E-state index is 12.9. The van der Waals surface area contributed by atoms with E-state index in [0.717, 1.165) is 6.42 Å². The molecular weight excluding hydrogens is 434 g/mol. The van der Waals surface area contributed by atoms with Crippen LogP contribution in [0.25, 0.3) is 11.3 Å². The number of rotatable bonds is 5. The van der Waals surface area contributed by atoms with Crippen LogP contribution in [0.3, 0.4) is 0 Å². The van der Waals surface area contributed by atoms with Crippen LogP contribution in [0, 0.1) is 5.92 Å². The van der Waals surface area contributed by atoms with Gasteiger partial charge in [0.1, 0.15) is 5.69 Å². The number of halogens is 1. The van der Waals surface area contributed by atoms with Crippen LogP contribution in [0.4, 0.5) is 0 Å². The number of aromatic nitrogens is 3. The molecule has 0 bridgehead atoms. The third kappa shape index (κ3) is 4.88. The van der Waals surface area contributed by atoms with Crippen molar-refractivity contribution in [1.82, 2.24) is 25.4 Å². The lowest BCUT2D eigenvalue weighted by Gasteiger charge is -2.31. The molecule has 0 saturated carbocycles. The van der Waals surface area contributed by atoms with Crippen LogP contribution in [0.5, 0.6) is 5.88 Å². The number of pyridine rings is 1. The summed E-state index contributed by atoms with van der Waals surface area (Å²) in [6.07, 6.45) is 3.55. The zero-order valence-electron chi connectivity index (χ0n) is 18.5. The molecule has 2 aliphatic heterocycles. The normalized spacial score (nSPS) is 20.9. The van der Waals surface area contributed by atoms with Gasteiger partial charge < -0.3 is 19.7 Å². The summed E-state index contributed by atoms with van der Waals surface area (Å²) in [5, 5.41) is 10.6. The van der Waals surface area contributed by atoms with Crippen molar-refractivity contribution in [1.29, 1.82) is 0 Å². The predicted octanol–water partition coefficient (Wildman–Crippen LogP) is 2.67. The molecule has 1 unspecified atom stereocenters. The molecule has 32 heavy (non-hydrogen) atoms. The van der Waals surface area contributed by atoms with E-state index in [1.54, 1.807) is 17.0 Å². The van der Waals surface area contributed by atoms with E-state index >= 15 is 0 Å². The van der Waals surface area contributed by atoms with Gasteiger partial charge in [0.25, 0.3) is 5.91 Å². The second-order valence-corrected chi connectivity index (χ2v) is 9.33. The molecule has 4 heterocycles. The van der Waals surface area contributed by atoms with E-state index in [2.05, 4.69) is 20.5 Å². The number of amides is 2.